The molecule has 2 nitrogen and oxygen atoms in total. The summed E-state index contributed by atoms with van der Waals surface area (Å²) in [6, 6.07) is 13.0. The number of rotatable bonds is 3. The normalized spacial score (nSPS) is 18.6. The highest BCUT2D eigenvalue weighted by Gasteiger charge is 2.37. The van der Waals surface area contributed by atoms with Crippen LogP contribution in [0.15, 0.2) is 52.3 Å². The van der Waals surface area contributed by atoms with Gasteiger partial charge >= 0.3 is 0 Å². The van der Waals surface area contributed by atoms with E-state index in [0.29, 0.717) is 9.79 Å². The first kappa shape index (κ1) is 18.2. The van der Waals surface area contributed by atoms with Crippen molar-refractivity contribution < 1.29 is 8.42 Å². The van der Waals surface area contributed by atoms with Crippen molar-refractivity contribution in [1.29, 1.82) is 0 Å². The van der Waals surface area contributed by atoms with Gasteiger partial charge in [-0.25, -0.2) is 8.42 Å². The molecule has 0 spiro atoms. The van der Waals surface area contributed by atoms with Crippen molar-refractivity contribution in [3.63, 3.8) is 0 Å². The van der Waals surface area contributed by atoms with Crippen molar-refractivity contribution >= 4 is 9.84 Å². The van der Waals surface area contributed by atoms with E-state index in [2.05, 4.69) is 27.7 Å². The molecule has 0 heterocycles. The Hall–Kier alpha value is -1.61. The maximum absolute atomic E-state index is 13.2. The van der Waals surface area contributed by atoms with Crippen molar-refractivity contribution in [2.75, 3.05) is 0 Å². The van der Waals surface area contributed by atoms with E-state index in [9.17, 15) is 8.42 Å². The van der Waals surface area contributed by atoms with Gasteiger partial charge in [-0.05, 0) is 71.0 Å². The zero-order valence-corrected chi connectivity index (χ0v) is 16.7. The van der Waals surface area contributed by atoms with Crippen LogP contribution in [0.3, 0.4) is 0 Å². The molecule has 0 aromatic heterocycles. The van der Waals surface area contributed by atoms with Gasteiger partial charge in [-0.3, -0.25) is 0 Å². The van der Waals surface area contributed by atoms with Crippen molar-refractivity contribution in [2.45, 2.75) is 74.5 Å². The standard InChI is InChI=1S/C22H28O2S/c1-6-16-8-7-9-17(14-16)25(23,24)18-10-11-19-20(15-18)22(4,5)13-12-21(19,2)3/h7-11,14-15H,6,12-13H2,1-5H3. The molecule has 0 N–H and O–H groups in total. The Balaban J connectivity index is 2.16. The zero-order valence-electron chi connectivity index (χ0n) is 15.9. The van der Waals surface area contributed by atoms with Crippen LogP contribution in [0.25, 0.3) is 0 Å². The monoisotopic (exact) mass is 356 g/mol. The van der Waals surface area contributed by atoms with Crippen molar-refractivity contribution in [3.05, 3.63) is 59.2 Å². The quantitative estimate of drug-likeness (QED) is 0.735. The lowest BCUT2D eigenvalue weighted by Gasteiger charge is -2.42. The fourth-order valence-electron chi connectivity index (χ4n) is 3.80. The van der Waals surface area contributed by atoms with Gasteiger partial charge < -0.3 is 0 Å². The average Bonchev–Trinajstić information content (AvgIpc) is 2.59. The third-order valence-corrected chi connectivity index (χ3v) is 7.50. The fraction of sp³-hybridized carbons (Fsp3) is 0.455. The van der Waals surface area contributed by atoms with E-state index in [4.69, 9.17) is 0 Å². The Bertz CT molecular complexity index is 905. The number of hydrogen-bond acceptors (Lipinski definition) is 2. The van der Waals surface area contributed by atoms with Crippen molar-refractivity contribution in [1.82, 2.24) is 0 Å². The van der Waals surface area contributed by atoms with Gasteiger partial charge in [0.25, 0.3) is 0 Å². The molecule has 2 aromatic carbocycles. The van der Waals surface area contributed by atoms with Crippen LogP contribution >= 0.6 is 0 Å². The van der Waals surface area contributed by atoms with Gasteiger partial charge in [0.2, 0.25) is 9.84 Å². The van der Waals surface area contributed by atoms with Gasteiger partial charge in [-0.15, -0.1) is 0 Å². The van der Waals surface area contributed by atoms with E-state index in [1.807, 2.05) is 31.2 Å². The molecule has 3 rings (SSSR count). The molecular weight excluding hydrogens is 328 g/mol. The lowest BCUT2D eigenvalue weighted by atomic mass is 9.63. The SMILES string of the molecule is CCc1cccc(S(=O)(=O)c2ccc3c(c2)C(C)(C)CCC3(C)C)c1. The number of sulfone groups is 1. The predicted molar refractivity (Wildman–Crippen MR) is 103 cm³/mol. The summed E-state index contributed by atoms with van der Waals surface area (Å²) in [6.45, 7) is 11.0. The lowest BCUT2D eigenvalue weighted by Crippen LogP contribution is -2.34. The molecule has 0 saturated heterocycles. The van der Waals surface area contributed by atoms with Gasteiger partial charge in [-0.1, -0.05) is 52.8 Å². The van der Waals surface area contributed by atoms with Crippen LogP contribution in [-0.4, -0.2) is 8.42 Å². The minimum atomic E-state index is -3.49. The van der Waals surface area contributed by atoms with Crippen LogP contribution in [-0.2, 0) is 27.1 Å². The van der Waals surface area contributed by atoms with E-state index < -0.39 is 9.84 Å². The van der Waals surface area contributed by atoms with E-state index >= 15 is 0 Å². The molecular formula is C22H28O2S. The van der Waals surface area contributed by atoms with Crippen LogP contribution in [0.5, 0.6) is 0 Å². The Morgan fingerprint density at radius 3 is 2.08 bits per heavy atom. The summed E-state index contributed by atoms with van der Waals surface area (Å²) in [6.07, 6.45) is 3.02. The van der Waals surface area contributed by atoms with Crippen LogP contribution in [0.2, 0.25) is 0 Å². The van der Waals surface area contributed by atoms with Gasteiger partial charge in [0.15, 0.2) is 0 Å². The third-order valence-electron chi connectivity index (χ3n) is 5.75. The van der Waals surface area contributed by atoms with Gasteiger partial charge in [0.1, 0.15) is 0 Å². The van der Waals surface area contributed by atoms with Gasteiger partial charge in [-0.2, -0.15) is 0 Å². The van der Waals surface area contributed by atoms with Crippen molar-refractivity contribution in [3.8, 4) is 0 Å². The van der Waals surface area contributed by atoms with Gasteiger partial charge in [0, 0.05) is 0 Å². The smallest absolute Gasteiger partial charge is 0.206 e. The Morgan fingerprint density at radius 1 is 0.840 bits per heavy atom. The van der Waals surface area contributed by atoms with Crippen LogP contribution in [0, 0.1) is 0 Å². The molecule has 134 valence electrons. The summed E-state index contributed by atoms with van der Waals surface area (Å²) in [7, 11) is -3.49. The number of aryl methyl sites for hydroxylation is 1. The maximum Gasteiger partial charge on any atom is 0.206 e. The second-order valence-electron chi connectivity index (χ2n) is 8.48. The summed E-state index contributed by atoms with van der Waals surface area (Å²) in [5.74, 6) is 0. The summed E-state index contributed by atoms with van der Waals surface area (Å²) < 4.78 is 26.3. The first-order valence-corrected chi connectivity index (χ1v) is 10.6. The second-order valence-corrected chi connectivity index (χ2v) is 10.4. The molecule has 0 fully saturated rings. The summed E-state index contributed by atoms with van der Waals surface area (Å²) >= 11 is 0. The van der Waals surface area contributed by atoms with Gasteiger partial charge in [0.05, 0.1) is 9.79 Å². The molecule has 25 heavy (non-hydrogen) atoms. The van der Waals surface area contributed by atoms with E-state index in [1.54, 1.807) is 18.2 Å². The minimum absolute atomic E-state index is 0.00164. The minimum Gasteiger partial charge on any atom is -0.219 e. The second kappa shape index (κ2) is 5.98. The van der Waals surface area contributed by atoms with Crippen molar-refractivity contribution in [2.24, 2.45) is 0 Å². The Morgan fingerprint density at radius 2 is 1.44 bits per heavy atom. The van der Waals surface area contributed by atoms with Crippen LogP contribution in [0.1, 0.15) is 64.2 Å². The molecule has 0 radical (unpaired) electrons. The van der Waals surface area contributed by atoms with Crippen LogP contribution < -0.4 is 0 Å². The average molecular weight is 357 g/mol. The molecule has 0 unspecified atom stereocenters. The topological polar surface area (TPSA) is 34.1 Å². The molecule has 2 aromatic rings. The fourth-order valence-corrected chi connectivity index (χ4v) is 5.16. The lowest BCUT2D eigenvalue weighted by molar-refractivity contribution is 0.331. The molecule has 0 bridgehead atoms. The Labute approximate surface area is 152 Å². The van der Waals surface area contributed by atoms with E-state index in [-0.39, 0.29) is 10.8 Å². The molecule has 1 aliphatic rings. The largest absolute Gasteiger partial charge is 0.219 e. The molecule has 3 heteroatoms. The molecule has 0 atom stereocenters. The van der Waals surface area contributed by atoms with E-state index in [1.165, 1.54) is 11.1 Å². The number of fused-ring (bicyclic) bond motifs is 1. The van der Waals surface area contributed by atoms with E-state index in [0.717, 1.165) is 24.8 Å². The highest BCUT2D eigenvalue weighted by Crippen LogP contribution is 2.46. The number of hydrogen-bond donors (Lipinski definition) is 0. The third kappa shape index (κ3) is 3.15. The van der Waals surface area contributed by atoms with Crippen LogP contribution in [0.4, 0.5) is 0 Å². The Kier molecular flexibility index (Phi) is 4.35. The summed E-state index contributed by atoms with van der Waals surface area (Å²) in [5.41, 5.74) is 3.60. The highest BCUT2D eigenvalue weighted by molar-refractivity contribution is 7.91. The molecule has 0 saturated carbocycles. The first-order chi connectivity index (χ1) is 11.6. The molecule has 0 aliphatic heterocycles. The first-order valence-electron chi connectivity index (χ1n) is 9.07. The maximum atomic E-state index is 13.2. The molecule has 0 amide bonds. The zero-order chi connectivity index (χ0) is 18.5. The molecule has 1 aliphatic carbocycles. The predicted octanol–water partition coefficient (Wildman–Crippen LogP) is 5.43. The number of benzene rings is 2. The highest BCUT2D eigenvalue weighted by atomic mass is 32.2. The summed E-state index contributed by atoms with van der Waals surface area (Å²) in [4.78, 5) is 0.796. The summed E-state index contributed by atoms with van der Waals surface area (Å²) in [5, 5.41) is 0.